The van der Waals surface area contributed by atoms with Crippen molar-refractivity contribution in [3.63, 3.8) is 0 Å². The van der Waals surface area contributed by atoms with Crippen molar-refractivity contribution in [1.29, 1.82) is 0 Å². The van der Waals surface area contributed by atoms with E-state index >= 15 is 0 Å². The van der Waals surface area contributed by atoms with Crippen molar-refractivity contribution in [2.24, 2.45) is 0 Å². The minimum absolute atomic E-state index is 0.0894. The van der Waals surface area contributed by atoms with E-state index in [-0.39, 0.29) is 17.7 Å². The molecule has 1 atom stereocenters. The van der Waals surface area contributed by atoms with Gasteiger partial charge >= 0.3 is 11.9 Å². The normalized spacial score (nSPS) is 11.8. The quantitative estimate of drug-likeness (QED) is 0.327. The first-order valence-electron chi connectivity index (χ1n) is 9.33. The molecule has 0 saturated carbocycles. The van der Waals surface area contributed by atoms with Crippen molar-refractivity contribution in [2.45, 2.75) is 97.5 Å². The Bertz CT molecular complexity index is 365. The van der Waals surface area contributed by atoms with Crippen LogP contribution in [0.2, 0.25) is 0 Å². The monoisotopic (exact) mass is 342 g/mol. The molecule has 24 heavy (non-hydrogen) atoms. The van der Waals surface area contributed by atoms with Gasteiger partial charge in [-0.25, -0.2) is 0 Å². The van der Waals surface area contributed by atoms with Crippen LogP contribution in [0.15, 0.2) is 0 Å². The maximum atomic E-state index is 11.5. The third-order valence-electron chi connectivity index (χ3n) is 3.90. The number of Topliss-reactive ketones (excluding diaryl/α,β-unsaturated/α-hetero) is 1. The number of esters is 2. The Kier molecular flexibility index (Phi) is 14.3. The fraction of sp³-hybridized carbons (Fsp3) is 0.842. The maximum Gasteiger partial charge on any atom is 0.306 e. The molecule has 0 aliphatic heterocycles. The average molecular weight is 342 g/mol. The van der Waals surface area contributed by atoms with Crippen molar-refractivity contribution >= 4 is 17.7 Å². The lowest BCUT2D eigenvalue weighted by molar-refractivity contribution is -0.153. The molecule has 0 aliphatic rings. The largest absolute Gasteiger partial charge is 0.466 e. The summed E-state index contributed by atoms with van der Waals surface area (Å²) in [5, 5.41) is 0. The highest BCUT2D eigenvalue weighted by molar-refractivity contribution is 5.83. The Hall–Kier alpha value is -1.39. The van der Waals surface area contributed by atoms with E-state index in [0.717, 1.165) is 57.8 Å². The van der Waals surface area contributed by atoms with Crippen molar-refractivity contribution in [1.82, 2.24) is 0 Å². The van der Waals surface area contributed by atoms with Gasteiger partial charge in [-0.15, -0.1) is 0 Å². The zero-order valence-corrected chi connectivity index (χ0v) is 15.6. The SMILES string of the molecule is CCCCCOC(=O)CCCCCCCCC(=O)OC(C)C(C)=O. The Labute approximate surface area is 146 Å². The van der Waals surface area contributed by atoms with Crippen LogP contribution in [-0.2, 0) is 23.9 Å². The van der Waals surface area contributed by atoms with E-state index in [9.17, 15) is 14.4 Å². The van der Waals surface area contributed by atoms with E-state index < -0.39 is 6.10 Å². The lowest BCUT2D eigenvalue weighted by Gasteiger charge is -2.09. The number of unbranched alkanes of at least 4 members (excludes halogenated alkanes) is 7. The molecule has 1 unspecified atom stereocenters. The summed E-state index contributed by atoms with van der Waals surface area (Å²) in [7, 11) is 0. The summed E-state index contributed by atoms with van der Waals surface area (Å²) in [6, 6.07) is 0. The fourth-order valence-corrected chi connectivity index (χ4v) is 2.20. The third kappa shape index (κ3) is 14.2. The summed E-state index contributed by atoms with van der Waals surface area (Å²) in [6.07, 6.45) is 9.13. The number of rotatable bonds is 15. The second-order valence-electron chi connectivity index (χ2n) is 6.29. The molecule has 0 rings (SSSR count). The summed E-state index contributed by atoms with van der Waals surface area (Å²) in [6.45, 7) is 5.68. The number of ketones is 1. The number of hydrogen-bond acceptors (Lipinski definition) is 5. The smallest absolute Gasteiger partial charge is 0.306 e. The molecule has 0 aromatic heterocycles. The molecular weight excluding hydrogens is 308 g/mol. The van der Waals surface area contributed by atoms with Gasteiger partial charge in [0.25, 0.3) is 0 Å². The van der Waals surface area contributed by atoms with Gasteiger partial charge in [0, 0.05) is 12.8 Å². The zero-order valence-electron chi connectivity index (χ0n) is 15.6. The molecular formula is C19H34O5. The molecule has 0 aromatic rings. The van der Waals surface area contributed by atoms with Gasteiger partial charge in [0.1, 0.15) is 0 Å². The molecule has 0 bridgehead atoms. The maximum absolute atomic E-state index is 11.5. The molecule has 0 fully saturated rings. The second-order valence-corrected chi connectivity index (χ2v) is 6.29. The van der Waals surface area contributed by atoms with Crippen molar-refractivity contribution < 1.29 is 23.9 Å². The summed E-state index contributed by atoms with van der Waals surface area (Å²) in [4.78, 5) is 33.9. The molecule has 0 N–H and O–H groups in total. The molecule has 0 aliphatic carbocycles. The highest BCUT2D eigenvalue weighted by Crippen LogP contribution is 2.10. The lowest BCUT2D eigenvalue weighted by Crippen LogP contribution is -2.21. The number of carbonyl (C=O) groups is 3. The van der Waals surface area contributed by atoms with Gasteiger partial charge in [-0.3, -0.25) is 14.4 Å². The first-order valence-corrected chi connectivity index (χ1v) is 9.33. The summed E-state index contributed by atoms with van der Waals surface area (Å²) in [5.41, 5.74) is 0. The van der Waals surface area contributed by atoms with E-state index in [1.54, 1.807) is 6.92 Å². The Balaban J connectivity index is 3.37. The first-order chi connectivity index (χ1) is 11.5. The summed E-state index contributed by atoms with van der Waals surface area (Å²) >= 11 is 0. The van der Waals surface area contributed by atoms with Crippen LogP contribution in [0.5, 0.6) is 0 Å². The molecule has 5 heteroatoms. The van der Waals surface area contributed by atoms with Crippen LogP contribution in [0, 0.1) is 0 Å². The van der Waals surface area contributed by atoms with E-state index in [4.69, 9.17) is 9.47 Å². The van der Waals surface area contributed by atoms with Crippen LogP contribution in [0.25, 0.3) is 0 Å². The van der Waals surface area contributed by atoms with Gasteiger partial charge in [0.2, 0.25) is 0 Å². The van der Waals surface area contributed by atoms with Crippen molar-refractivity contribution in [3.05, 3.63) is 0 Å². The molecule has 0 spiro atoms. The average Bonchev–Trinajstić information content (AvgIpc) is 2.53. The molecule has 0 heterocycles. The molecule has 140 valence electrons. The van der Waals surface area contributed by atoms with Gasteiger partial charge < -0.3 is 9.47 Å². The Morgan fingerprint density at radius 3 is 1.88 bits per heavy atom. The van der Waals surface area contributed by atoms with Crippen LogP contribution in [0.3, 0.4) is 0 Å². The highest BCUT2D eigenvalue weighted by Gasteiger charge is 2.12. The topological polar surface area (TPSA) is 69.7 Å². The van der Waals surface area contributed by atoms with Crippen LogP contribution in [-0.4, -0.2) is 30.4 Å². The Morgan fingerprint density at radius 2 is 1.33 bits per heavy atom. The molecule has 5 nitrogen and oxygen atoms in total. The van der Waals surface area contributed by atoms with E-state index in [0.29, 0.717) is 19.4 Å². The molecule has 0 radical (unpaired) electrons. The zero-order chi connectivity index (χ0) is 18.2. The van der Waals surface area contributed by atoms with Gasteiger partial charge in [-0.05, 0) is 33.1 Å². The van der Waals surface area contributed by atoms with Gasteiger partial charge in [0.05, 0.1) is 6.61 Å². The molecule has 0 aromatic carbocycles. The number of ether oxygens (including phenoxy) is 2. The van der Waals surface area contributed by atoms with Crippen LogP contribution in [0.4, 0.5) is 0 Å². The van der Waals surface area contributed by atoms with Crippen LogP contribution >= 0.6 is 0 Å². The Morgan fingerprint density at radius 1 is 0.792 bits per heavy atom. The third-order valence-corrected chi connectivity index (χ3v) is 3.90. The van der Waals surface area contributed by atoms with E-state index in [1.807, 2.05) is 0 Å². The van der Waals surface area contributed by atoms with Crippen LogP contribution in [0.1, 0.15) is 91.4 Å². The van der Waals surface area contributed by atoms with Gasteiger partial charge in [-0.1, -0.05) is 45.4 Å². The van der Waals surface area contributed by atoms with Crippen LogP contribution < -0.4 is 0 Å². The highest BCUT2D eigenvalue weighted by atomic mass is 16.5. The lowest BCUT2D eigenvalue weighted by atomic mass is 10.1. The van der Waals surface area contributed by atoms with E-state index in [2.05, 4.69) is 6.92 Å². The molecule has 0 saturated heterocycles. The van der Waals surface area contributed by atoms with Gasteiger partial charge in [-0.2, -0.15) is 0 Å². The minimum Gasteiger partial charge on any atom is -0.466 e. The fourth-order valence-electron chi connectivity index (χ4n) is 2.20. The molecule has 0 amide bonds. The second kappa shape index (κ2) is 15.2. The first kappa shape index (κ1) is 22.6. The van der Waals surface area contributed by atoms with Crippen molar-refractivity contribution in [3.8, 4) is 0 Å². The summed E-state index contributed by atoms with van der Waals surface area (Å²) in [5.74, 6) is -0.524. The van der Waals surface area contributed by atoms with Crippen molar-refractivity contribution in [2.75, 3.05) is 6.61 Å². The van der Waals surface area contributed by atoms with Gasteiger partial charge in [0.15, 0.2) is 11.9 Å². The standard InChI is InChI=1S/C19H34O5/c1-4-5-12-15-23-18(21)13-10-8-6-7-9-11-14-19(22)24-17(3)16(2)20/h17H,4-15H2,1-3H3. The minimum atomic E-state index is -0.640. The number of carbonyl (C=O) groups excluding carboxylic acids is 3. The predicted molar refractivity (Wildman–Crippen MR) is 93.7 cm³/mol. The number of hydrogen-bond donors (Lipinski definition) is 0. The summed E-state index contributed by atoms with van der Waals surface area (Å²) < 4.78 is 10.1. The predicted octanol–water partition coefficient (Wildman–Crippen LogP) is 4.36. The van der Waals surface area contributed by atoms with E-state index in [1.165, 1.54) is 6.92 Å².